The number of hydrogen-bond donors (Lipinski definition) is 1. The van der Waals surface area contributed by atoms with Crippen molar-refractivity contribution in [2.45, 2.75) is 54.7 Å². The van der Waals surface area contributed by atoms with Crippen LogP contribution in [0.15, 0.2) is 35.4 Å². The van der Waals surface area contributed by atoms with Crippen LogP contribution in [0.4, 0.5) is 36.6 Å². The van der Waals surface area contributed by atoms with Crippen LogP contribution in [0.1, 0.15) is 38.1 Å². The highest BCUT2D eigenvalue weighted by Gasteiger charge is 2.49. The molecule has 1 aromatic carbocycles. The maximum atomic E-state index is 13.7. The van der Waals surface area contributed by atoms with Gasteiger partial charge in [0.25, 0.3) is 0 Å². The summed E-state index contributed by atoms with van der Waals surface area (Å²) in [5, 5.41) is 2.77. The van der Waals surface area contributed by atoms with Gasteiger partial charge in [0.1, 0.15) is 11.6 Å². The molecule has 0 radical (unpaired) electrons. The average Bonchev–Trinajstić information content (AvgIpc) is 2.62. The second-order valence-corrected chi connectivity index (χ2v) is 10.6. The molecule has 1 saturated carbocycles. The molecule has 0 bridgehead atoms. The quantitative estimate of drug-likeness (QED) is 0.597. The van der Waals surface area contributed by atoms with Gasteiger partial charge < -0.3 is 5.32 Å². The predicted octanol–water partition coefficient (Wildman–Crippen LogP) is 5.10. The van der Waals surface area contributed by atoms with Gasteiger partial charge in [-0.15, -0.1) is 0 Å². The SMILES string of the molecule is CC(C)([C@H]1C[C@@H](Nc2ccnc(C(F)(F)F)n2)C1)S(=O)(=O)c1cc(F)cc(C(F)(F)F)c1. The minimum Gasteiger partial charge on any atom is -0.367 e. The molecular formula is C19H18F7N3O2S. The molecule has 2 aromatic rings. The Morgan fingerprint density at radius 1 is 1.00 bits per heavy atom. The summed E-state index contributed by atoms with van der Waals surface area (Å²) in [5.74, 6) is -3.28. The Morgan fingerprint density at radius 3 is 2.19 bits per heavy atom. The first-order valence-electron chi connectivity index (χ1n) is 9.31. The molecule has 1 aliphatic rings. The van der Waals surface area contributed by atoms with Crippen molar-refractivity contribution in [3.63, 3.8) is 0 Å². The van der Waals surface area contributed by atoms with Crippen LogP contribution < -0.4 is 5.32 Å². The third kappa shape index (κ3) is 4.66. The number of nitrogens with zero attached hydrogens (tertiary/aromatic N) is 2. The van der Waals surface area contributed by atoms with Gasteiger partial charge in [-0.1, -0.05) is 0 Å². The fraction of sp³-hybridized carbons (Fsp3) is 0.474. The summed E-state index contributed by atoms with van der Waals surface area (Å²) in [6.07, 6.45) is -8.30. The second-order valence-electron chi connectivity index (χ2n) is 8.05. The lowest BCUT2D eigenvalue weighted by atomic mass is 9.73. The van der Waals surface area contributed by atoms with Crippen molar-refractivity contribution in [3.8, 4) is 0 Å². The average molecular weight is 485 g/mol. The van der Waals surface area contributed by atoms with E-state index in [9.17, 15) is 39.2 Å². The number of rotatable bonds is 5. The Morgan fingerprint density at radius 2 is 1.62 bits per heavy atom. The van der Waals surface area contributed by atoms with Gasteiger partial charge in [0, 0.05) is 12.2 Å². The largest absolute Gasteiger partial charge is 0.451 e. The van der Waals surface area contributed by atoms with E-state index >= 15 is 0 Å². The fourth-order valence-corrected chi connectivity index (χ4v) is 5.28. The molecule has 176 valence electrons. The van der Waals surface area contributed by atoms with E-state index in [1.54, 1.807) is 0 Å². The minimum absolute atomic E-state index is 0.0867. The number of alkyl halides is 6. The van der Waals surface area contributed by atoms with Crippen molar-refractivity contribution in [1.29, 1.82) is 0 Å². The van der Waals surface area contributed by atoms with E-state index in [0.717, 1.165) is 6.20 Å². The first-order valence-corrected chi connectivity index (χ1v) is 10.8. The third-order valence-corrected chi connectivity index (χ3v) is 8.16. The maximum Gasteiger partial charge on any atom is 0.451 e. The van der Waals surface area contributed by atoms with Gasteiger partial charge in [-0.05, 0) is 56.9 Å². The second kappa shape index (κ2) is 7.85. The molecule has 3 rings (SSSR count). The van der Waals surface area contributed by atoms with Gasteiger partial charge in [-0.2, -0.15) is 26.3 Å². The molecule has 32 heavy (non-hydrogen) atoms. The molecule has 1 aromatic heterocycles. The Kier molecular flexibility index (Phi) is 5.94. The molecule has 0 saturated heterocycles. The first kappa shape index (κ1) is 24.2. The van der Waals surface area contributed by atoms with E-state index in [4.69, 9.17) is 0 Å². The lowest BCUT2D eigenvalue weighted by molar-refractivity contribution is -0.145. The van der Waals surface area contributed by atoms with Gasteiger partial charge in [-0.25, -0.2) is 22.8 Å². The van der Waals surface area contributed by atoms with Crippen LogP contribution in [0, 0.1) is 11.7 Å². The van der Waals surface area contributed by atoms with Gasteiger partial charge in [-0.3, -0.25) is 0 Å². The summed E-state index contributed by atoms with van der Waals surface area (Å²) in [7, 11) is -4.37. The van der Waals surface area contributed by atoms with Crippen molar-refractivity contribution in [1.82, 2.24) is 9.97 Å². The molecule has 0 amide bonds. The molecule has 1 N–H and O–H groups in total. The van der Waals surface area contributed by atoms with Crippen LogP contribution in [0.25, 0.3) is 0 Å². The van der Waals surface area contributed by atoms with E-state index in [1.165, 1.54) is 19.9 Å². The lowest BCUT2D eigenvalue weighted by Crippen LogP contribution is -2.50. The van der Waals surface area contributed by atoms with Gasteiger partial charge in [0.05, 0.1) is 15.2 Å². The van der Waals surface area contributed by atoms with Crippen LogP contribution in [0.2, 0.25) is 0 Å². The minimum atomic E-state index is -4.92. The summed E-state index contributed by atoms with van der Waals surface area (Å²) in [4.78, 5) is 5.74. The van der Waals surface area contributed by atoms with Crippen molar-refractivity contribution in [2.75, 3.05) is 5.32 Å². The summed E-state index contributed by atoms with van der Waals surface area (Å²) in [6, 6.07) is 1.99. The van der Waals surface area contributed by atoms with E-state index in [1.807, 2.05) is 0 Å². The molecular weight excluding hydrogens is 467 g/mol. The topological polar surface area (TPSA) is 72.0 Å². The highest BCUT2D eigenvalue weighted by molar-refractivity contribution is 7.92. The van der Waals surface area contributed by atoms with E-state index in [-0.39, 0.29) is 24.7 Å². The van der Waals surface area contributed by atoms with E-state index in [2.05, 4.69) is 15.3 Å². The number of halogens is 7. The van der Waals surface area contributed by atoms with Gasteiger partial charge >= 0.3 is 12.4 Å². The van der Waals surface area contributed by atoms with Gasteiger partial charge in [0.2, 0.25) is 5.82 Å². The van der Waals surface area contributed by atoms with E-state index < -0.39 is 61.0 Å². The molecule has 0 spiro atoms. The highest BCUT2D eigenvalue weighted by Crippen LogP contribution is 2.45. The molecule has 1 heterocycles. The number of nitrogens with one attached hydrogen (secondary N) is 1. The Balaban J connectivity index is 1.76. The Hall–Kier alpha value is -2.44. The van der Waals surface area contributed by atoms with Crippen molar-refractivity contribution < 1.29 is 39.2 Å². The number of sulfone groups is 1. The number of hydrogen-bond acceptors (Lipinski definition) is 5. The van der Waals surface area contributed by atoms with Crippen molar-refractivity contribution in [3.05, 3.63) is 47.7 Å². The molecule has 5 nitrogen and oxygen atoms in total. The predicted molar refractivity (Wildman–Crippen MR) is 99.8 cm³/mol. The first-order chi connectivity index (χ1) is 14.5. The van der Waals surface area contributed by atoms with Crippen LogP contribution in [-0.2, 0) is 22.2 Å². The van der Waals surface area contributed by atoms with Crippen molar-refractivity contribution >= 4 is 15.7 Å². The van der Waals surface area contributed by atoms with Crippen LogP contribution in [0.3, 0.4) is 0 Å². The summed E-state index contributed by atoms with van der Waals surface area (Å²) >= 11 is 0. The fourth-order valence-electron chi connectivity index (χ4n) is 3.49. The van der Waals surface area contributed by atoms with Crippen LogP contribution in [-0.4, -0.2) is 29.2 Å². The third-order valence-electron chi connectivity index (χ3n) is 5.58. The zero-order valence-corrected chi connectivity index (χ0v) is 17.5. The standard InChI is InChI=1S/C19H18F7N3O2S/c1-17(2,32(30,31)14-8-11(18(21,22)23)5-12(20)9-14)10-6-13(7-10)28-15-3-4-27-16(29-15)19(24,25)26/h3-5,8-10,13H,6-7H2,1-2H3,(H,27,28,29)/t10-,13+. The Bertz CT molecular complexity index is 1110. The maximum absolute atomic E-state index is 13.7. The monoisotopic (exact) mass is 485 g/mol. The zero-order chi connectivity index (χ0) is 24.1. The molecule has 13 heteroatoms. The van der Waals surface area contributed by atoms with Crippen LogP contribution in [0.5, 0.6) is 0 Å². The van der Waals surface area contributed by atoms with E-state index in [0.29, 0.717) is 12.1 Å². The molecule has 1 aliphatic carbocycles. The molecule has 0 unspecified atom stereocenters. The normalized spacial score (nSPS) is 20.0. The number of aromatic nitrogens is 2. The van der Waals surface area contributed by atoms with Crippen molar-refractivity contribution in [2.24, 2.45) is 5.92 Å². The smallest absolute Gasteiger partial charge is 0.367 e. The number of anilines is 1. The Labute approximate surface area is 179 Å². The summed E-state index contributed by atoms with van der Waals surface area (Å²) in [6.45, 7) is 2.65. The number of benzene rings is 1. The molecule has 0 aliphatic heterocycles. The van der Waals surface area contributed by atoms with Crippen LogP contribution >= 0.6 is 0 Å². The lowest BCUT2D eigenvalue weighted by Gasteiger charge is -2.45. The van der Waals surface area contributed by atoms with Gasteiger partial charge in [0.15, 0.2) is 9.84 Å². The zero-order valence-electron chi connectivity index (χ0n) is 16.7. The molecule has 0 atom stereocenters. The highest BCUT2D eigenvalue weighted by atomic mass is 32.2. The summed E-state index contributed by atoms with van der Waals surface area (Å²) in [5.41, 5.74) is -1.41. The summed E-state index contributed by atoms with van der Waals surface area (Å²) < 4.78 is 115. The molecule has 1 fully saturated rings.